The molecule has 1 fully saturated rings. The molecule has 1 heterocycles. The van der Waals surface area contributed by atoms with E-state index in [1.54, 1.807) is 0 Å². The smallest absolute Gasteiger partial charge is 0.0696 e. The Morgan fingerprint density at radius 2 is 2.00 bits per heavy atom. The molecule has 2 atom stereocenters. The van der Waals surface area contributed by atoms with Crippen molar-refractivity contribution in [2.24, 2.45) is 0 Å². The van der Waals surface area contributed by atoms with Crippen molar-refractivity contribution < 1.29 is 5.11 Å². The number of fused-ring (bicyclic) bond motifs is 1. The molecule has 3 rings (SSSR count). The molecule has 1 aromatic rings. The number of hydrogen-bond acceptors (Lipinski definition) is 3. The lowest BCUT2D eigenvalue weighted by atomic mass is 9.91. The van der Waals surface area contributed by atoms with Gasteiger partial charge >= 0.3 is 0 Å². The molecule has 0 aromatic heterocycles. The number of aliphatic hydroxyl groups is 1. The number of hydrogen-bond donors (Lipinski definition) is 2. The van der Waals surface area contributed by atoms with Crippen LogP contribution in [-0.2, 0) is 6.54 Å². The summed E-state index contributed by atoms with van der Waals surface area (Å²) >= 11 is 7.14. The van der Waals surface area contributed by atoms with Crippen LogP contribution in [0.2, 0.25) is 0 Å². The Morgan fingerprint density at radius 3 is 2.79 bits per heavy atom. The summed E-state index contributed by atoms with van der Waals surface area (Å²) in [5.41, 5.74) is 2.47. The third kappa shape index (κ3) is 2.84. The molecule has 104 valence electrons. The summed E-state index contributed by atoms with van der Waals surface area (Å²) in [7, 11) is 0. The van der Waals surface area contributed by atoms with E-state index in [4.69, 9.17) is 0 Å². The monoisotopic (exact) mass is 388 g/mol. The normalized spacial score (nSPS) is 27.7. The summed E-state index contributed by atoms with van der Waals surface area (Å²) in [4.78, 5) is 2.37. The Bertz CT molecular complexity index is 481. The van der Waals surface area contributed by atoms with Crippen molar-refractivity contribution in [1.82, 2.24) is 4.90 Å². The van der Waals surface area contributed by atoms with E-state index < -0.39 is 0 Å². The van der Waals surface area contributed by atoms with Crippen molar-refractivity contribution in [3.63, 3.8) is 0 Å². The molecule has 0 spiro atoms. The highest BCUT2D eigenvalue weighted by Crippen LogP contribution is 2.35. The van der Waals surface area contributed by atoms with Crippen LogP contribution < -0.4 is 5.32 Å². The van der Waals surface area contributed by atoms with Crippen LogP contribution in [0.25, 0.3) is 0 Å². The number of rotatable bonds is 1. The molecule has 1 aromatic carbocycles. The number of halogens is 2. The molecular weight excluding hydrogens is 372 g/mol. The number of nitrogens with zero attached hydrogens (tertiary/aromatic N) is 1. The highest BCUT2D eigenvalue weighted by atomic mass is 79.9. The summed E-state index contributed by atoms with van der Waals surface area (Å²) in [6, 6.07) is 4.53. The van der Waals surface area contributed by atoms with Gasteiger partial charge in [0.05, 0.1) is 18.5 Å². The molecule has 19 heavy (non-hydrogen) atoms. The second-order valence-electron chi connectivity index (χ2n) is 5.42. The molecule has 5 heteroatoms. The maximum atomic E-state index is 10.2. The van der Waals surface area contributed by atoms with Crippen LogP contribution in [0.1, 0.15) is 31.2 Å². The van der Waals surface area contributed by atoms with Gasteiger partial charge in [-0.15, -0.1) is 0 Å². The van der Waals surface area contributed by atoms with Gasteiger partial charge in [0.25, 0.3) is 0 Å². The van der Waals surface area contributed by atoms with Crippen LogP contribution in [0.5, 0.6) is 0 Å². The maximum Gasteiger partial charge on any atom is 0.0696 e. The van der Waals surface area contributed by atoms with E-state index in [1.165, 1.54) is 17.7 Å². The number of anilines is 1. The quantitative estimate of drug-likeness (QED) is 0.768. The minimum absolute atomic E-state index is 0.173. The fraction of sp³-hybridized carbons (Fsp3) is 0.571. The number of nitrogens with one attached hydrogen (secondary N) is 1. The lowest BCUT2D eigenvalue weighted by Crippen LogP contribution is -2.48. The molecule has 1 aliphatic carbocycles. The Hall–Kier alpha value is -0.100. The average Bonchev–Trinajstić information content (AvgIpc) is 2.38. The van der Waals surface area contributed by atoms with Crippen LogP contribution in [-0.4, -0.2) is 28.8 Å². The predicted octanol–water partition coefficient (Wildman–Crippen LogP) is 3.70. The minimum Gasteiger partial charge on any atom is -0.391 e. The summed E-state index contributed by atoms with van der Waals surface area (Å²) in [6.07, 6.45) is 4.26. The van der Waals surface area contributed by atoms with Crippen molar-refractivity contribution in [2.45, 2.75) is 44.4 Å². The van der Waals surface area contributed by atoms with Crippen molar-refractivity contribution in [1.29, 1.82) is 0 Å². The first-order chi connectivity index (χ1) is 9.15. The third-order valence-corrected chi connectivity index (χ3v) is 5.22. The Kier molecular flexibility index (Phi) is 4.17. The van der Waals surface area contributed by atoms with E-state index in [9.17, 15) is 5.11 Å². The van der Waals surface area contributed by atoms with Crippen molar-refractivity contribution in [3.05, 3.63) is 26.6 Å². The molecule has 0 bridgehead atoms. The summed E-state index contributed by atoms with van der Waals surface area (Å²) in [5.74, 6) is 0. The van der Waals surface area contributed by atoms with Gasteiger partial charge in [-0.2, -0.15) is 0 Å². The summed E-state index contributed by atoms with van der Waals surface area (Å²) in [6.45, 7) is 1.72. The van der Waals surface area contributed by atoms with Gasteiger partial charge in [-0.25, -0.2) is 0 Å². The zero-order valence-electron chi connectivity index (χ0n) is 10.7. The largest absolute Gasteiger partial charge is 0.391 e. The Balaban J connectivity index is 1.81. The van der Waals surface area contributed by atoms with E-state index in [0.29, 0.717) is 6.04 Å². The van der Waals surface area contributed by atoms with E-state index in [-0.39, 0.29) is 6.10 Å². The van der Waals surface area contributed by atoms with Gasteiger partial charge < -0.3 is 10.4 Å². The fourth-order valence-corrected chi connectivity index (χ4v) is 4.61. The van der Waals surface area contributed by atoms with Crippen LogP contribution in [0.4, 0.5) is 5.69 Å². The summed E-state index contributed by atoms with van der Waals surface area (Å²) in [5, 5.41) is 13.7. The van der Waals surface area contributed by atoms with Gasteiger partial charge in [0.15, 0.2) is 0 Å². The van der Waals surface area contributed by atoms with Gasteiger partial charge in [-0.1, -0.05) is 28.8 Å². The van der Waals surface area contributed by atoms with Gasteiger partial charge in [-0.05, 0) is 46.5 Å². The first kappa shape index (κ1) is 13.9. The fourth-order valence-electron chi connectivity index (χ4n) is 3.16. The zero-order chi connectivity index (χ0) is 13.4. The van der Waals surface area contributed by atoms with Crippen LogP contribution in [0, 0.1) is 0 Å². The van der Waals surface area contributed by atoms with Gasteiger partial charge in [0.1, 0.15) is 0 Å². The summed E-state index contributed by atoms with van der Waals surface area (Å²) < 4.78 is 2.19. The maximum absolute atomic E-state index is 10.2. The van der Waals surface area contributed by atoms with Gasteiger partial charge in [-0.3, -0.25) is 4.90 Å². The van der Waals surface area contributed by atoms with E-state index in [0.717, 1.165) is 41.4 Å². The second-order valence-corrected chi connectivity index (χ2v) is 7.19. The lowest BCUT2D eigenvalue weighted by molar-refractivity contribution is 0.0176. The number of benzene rings is 1. The first-order valence-corrected chi connectivity index (χ1v) is 8.37. The van der Waals surface area contributed by atoms with Gasteiger partial charge in [0, 0.05) is 21.5 Å². The molecule has 0 saturated heterocycles. The van der Waals surface area contributed by atoms with E-state index in [2.05, 4.69) is 54.2 Å². The zero-order valence-corrected chi connectivity index (χ0v) is 13.9. The molecule has 0 radical (unpaired) electrons. The average molecular weight is 390 g/mol. The van der Waals surface area contributed by atoms with E-state index >= 15 is 0 Å². The molecule has 2 N–H and O–H groups in total. The molecule has 0 amide bonds. The SMILES string of the molecule is OC1CCCCC1N1CNc2c(Br)cc(Br)cc2C1. The lowest BCUT2D eigenvalue weighted by Gasteiger charge is -2.40. The minimum atomic E-state index is -0.173. The molecule has 1 aliphatic heterocycles. The predicted molar refractivity (Wildman–Crippen MR) is 84.1 cm³/mol. The highest BCUT2D eigenvalue weighted by molar-refractivity contribution is 9.11. The van der Waals surface area contributed by atoms with Crippen LogP contribution in [0.3, 0.4) is 0 Å². The van der Waals surface area contributed by atoms with Crippen molar-refractivity contribution in [3.8, 4) is 0 Å². The Labute approximate surface area is 130 Å². The molecule has 1 saturated carbocycles. The first-order valence-electron chi connectivity index (χ1n) is 6.79. The van der Waals surface area contributed by atoms with Crippen molar-refractivity contribution in [2.75, 3.05) is 12.0 Å². The van der Waals surface area contributed by atoms with Crippen molar-refractivity contribution >= 4 is 37.5 Å². The van der Waals surface area contributed by atoms with E-state index in [1.807, 2.05) is 0 Å². The Morgan fingerprint density at radius 1 is 1.21 bits per heavy atom. The standard InChI is InChI=1S/C14H18Br2N2O/c15-10-5-9-7-18(8-17-14(9)11(16)6-10)12-3-1-2-4-13(12)19/h5-6,12-13,17,19H,1-4,7-8H2. The van der Waals surface area contributed by atoms with Crippen LogP contribution in [0.15, 0.2) is 21.1 Å². The third-order valence-electron chi connectivity index (χ3n) is 4.13. The molecule has 2 unspecified atom stereocenters. The van der Waals surface area contributed by atoms with Gasteiger partial charge in [0.2, 0.25) is 0 Å². The van der Waals surface area contributed by atoms with Crippen LogP contribution >= 0.6 is 31.9 Å². The molecular formula is C14H18Br2N2O. The number of aliphatic hydroxyl groups excluding tert-OH is 1. The highest BCUT2D eigenvalue weighted by Gasteiger charge is 2.31. The topological polar surface area (TPSA) is 35.5 Å². The second kappa shape index (κ2) is 5.72. The molecule has 3 nitrogen and oxygen atoms in total. The molecule has 2 aliphatic rings.